The van der Waals surface area contributed by atoms with Gasteiger partial charge in [-0.15, -0.1) is 0 Å². The molecule has 0 fully saturated rings. The number of nitrogens with two attached hydrogens (primary N) is 1. The van der Waals surface area contributed by atoms with Crippen LogP contribution in [0.5, 0.6) is 5.75 Å². The summed E-state index contributed by atoms with van der Waals surface area (Å²) in [5.74, 6) is 0.924. The Balaban J connectivity index is 2.42. The summed E-state index contributed by atoms with van der Waals surface area (Å²) in [5, 5.41) is 18.5. The third-order valence-corrected chi connectivity index (χ3v) is 4.89. The lowest BCUT2D eigenvalue weighted by Gasteiger charge is -2.24. The molecule has 0 radical (unpaired) electrons. The second-order valence-corrected chi connectivity index (χ2v) is 7.37. The number of unbranched alkanes of at least 4 members (excludes halogenated alkanes) is 4. The first-order chi connectivity index (χ1) is 11.0. The van der Waals surface area contributed by atoms with Crippen LogP contribution in [0, 0.1) is 3.57 Å². The zero-order valence-electron chi connectivity index (χ0n) is 14.1. The van der Waals surface area contributed by atoms with Gasteiger partial charge in [0.15, 0.2) is 0 Å². The number of rotatable bonds is 12. The molecule has 0 aliphatic heterocycles. The molecule has 1 rings (SSSR count). The molecule has 4 N–H and O–H groups in total. The van der Waals surface area contributed by atoms with E-state index in [1.807, 2.05) is 12.1 Å². The molecule has 1 aromatic carbocycles. The average Bonchev–Trinajstić information content (AvgIpc) is 2.57. The van der Waals surface area contributed by atoms with E-state index in [2.05, 4.69) is 35.6 Å². The highest BCUT2D eigenvalue weighted by molar-refractivity contribution is 14.1. The lowest BCUT2D eigenvalue weighted by Crippen LogP contribution is -2.47. The van der Waals surface area contributed by atoms with Gasteiger partial charge in [-0.3, -0.25) is 0 Å². The molecule has 0 unspecified atom stereocenters. The molecule has 4 nitrogen and oxygen atoms in total. The van der Waals surface area contributed by atoms with Crippen molar-refractivity contribution in [2.75, 3.05) is 19.8 Å². The molecule has 0 aliphatic rings. The van der Waals surface area contributed by atoms with E-state index in [4.69, 9.17) is 10.5 Å². The van der Waals surface area contributed by atoms with Crippen molar-refractivity contribution in [2.45, 2.75) is 57.4 Å². The first-order valence-electron chi connectivity index (χ1n) is 8.46. The molecule has 0 atom stereocenters. The van der Waals surface area contributed by atoms with Crippen LogP contribution in [0.3, 0.4) is 0 Å². The fourth-order valence-corrected chi connectivity index (χ4v) is 3.04. The minimum Gasteiger partial charge on any atom is -0.492 e. The van der Waals surface area contributed by atoms with Gasteiger partial charge in [-0.05, 0) is 59.5 Å². The Kier molecular flexibility index (Phi) is 10.1. The zero-order valence-corrected chi connectivity index (χ0v) is 16.2. The summed E-state index contributed by atoms with van der Waals surface area (Å²) in [7, 11) is 0. The molecule has 132 valence electrons. The summed E-state index contributed by atoms with van der Waals surface area (Å²) in [5.41, 5.74) is 6.14. The summed E-state index contributed by atoms with van der Waals surface area (Å²) in [6.07, 6.45) is 7.45. The Labute approximate surface area is 153 Å². The van der Waals surface area contributed by atoms with E-state index in [-0.39, 0.29) is 13.2 Å². The molecule has 0 amide bonds. The third kappa shape index (κ3) is 7.83. The Morgan fingerprint density at radius 1 is 1.13 bits per heavy atom. The van der Waals surface area contributed by atoms with Crippen molar-refractivity contribution in [1.29, 1.82) is 0 Å². The van der Waals surface area contributed by atoms with Crippen molar-refractivity contribution >= 4 is 22.6 Å². The number of hydrogen-bond acceptors (Lipinski definition) is 4. The molecule has 0 bridgehead atoms. The molecule has 0 aromatic heterocycles. The van der Waals surface area contributed by atoms with Gasteiger partial charge in [0.2, 0.25) is 0 Å². The number of aliphatic hydroxyl groups is 2. The number of halogens is 1. The smallest absolute Gasteiger partial charge is 0.132 e. The maximum absolute atomic E-state index is 9.23. The molecular weight excluding hydrogens is 405 g/mol. The second-order valence-electron chi connectivity index (χ2n) is 6.21. The fraction of sp³-hybridized carbons (Fsp3) is 0.667. The highest BCUT2D eigenvalue weighted by Gasteiger charge is 2.22. The van der Waals surface area contributed by atoms with Crippen LogP contribution in [0.1, 0.15) is 51.0 Å². The van der Waals surface area contributed by atoms with Crippen LogP contribution in [0.4, 0.5) is 0 Å². The van der Waals surface area contributed by atoms with E-state index in [0.29, 0.717) is 6.42 Å². The molecule has 0 aliphatic carbocycles. The number of hydrogen-bond donors (Lipinski definition) is 3. The van der Waals surface area contributed by atoms with Crippen LogP contribution in [-0.2, 0) is 6.42 Å². The largest absolute Gasteiger partial charge is 0.492 e. The van der Waals surface area contributed by atoms with Crippen molar-refractivity contribution in [3.8, 4) is 5.75 Å². The lowest BCUT2D eigenvalue weighted by molar-refractivity contribution is 0.115. The molecule has 0 heterocycles. The van der Waals surface area contributed by atoms with Crippen LogP contribution in [0.25, 0.3) is 0 Å². The van der Waals surface area contributed by atoms with Crippen LogP contribution in [0.2, 0.25) is 0 Å². The van der Waals surface area contributed by atoms with Crippen molar-refractivity contribution in [3.05, 3.63) is 27.3 Å². The highest BCUT2D eigenvalue weighted by Crippen LogP contribution is 2.24. The van der Waals surface area contributed by atoms with Crippen molar-refractivity contribution < 1.29 is 14.9 Å². The monoisotopic (exact) mass is 435 g/mol. The number of aliphatic hydroxyl groups excluding tert-OH is 2. The average molecular weight is 435 g/mol. The van der Waals surface area contributed by atoms with E-state index in [1.54, 1.807) is 0 Å². The van der Waals surface area contributed by atoms with E-state index in [0.717, 1.165) is 34.3 Å². The van der Waals surface area contributed by atoms with Crippen LogP contribution >= 0.6 is 22.6 Å². The maximum atomic E-state index is 9.23. The van der Waals surface area contributed by atoms with Gasteiger partial charge >= 0.3 is 0 Å². The standard InChI is InChI=1S/C18H30INO3/c1-2-3-4-5-6-11-23-17-8-7-15(12-16(17)19)9-10-18(20,13-21)14-22/h7-8,12,21-22H,2-6,9-11,13-14,20H2,1H3. The summed E-state index contributed by atoms with van der Waals surface area (Å²) in [6, 6.07) is 6.12. The minimum atomic E-state index is -0.904. The molecule has 23 heavy (non-hydrogen) atoms. The summed E-state index contributed by atoms with van der Waals surface area (Å²) >= 11 is 2.28. The third-order valence-electron chi connectivity index (χ3n) is 4.04. The first kappa shape index (κ1) is 20.7. The quantitative estimate of drug-likeness (QED) is 0.348. The molecule has 0 saturated carbocycles. The van der Waals surface area contributed by atoms with Gasteiger partial charge in [0.1, 0.15) is 5.75 Å². The predicted octanol–water partition coefficient (Wildman–Crippen LogP) is 3.26. The molecule has 0 saturated heterocycles. The molecule has 5 heteroatoms. The summed E-state index contributed by atoms with van der Waals surface area (Å²) < 4.78 is 6.93. The summed E-state index contributed by atoms with van der Waals surface area (Å²) in [6.45, 7) is 2.57. The van der Waals surface area contributed by atoms with E-state index in [1.165, 1.54) is 25.7 Å². The number of aryl methyl sites for hydroxylation is 1. The van der Waals surface area contributed by atoms with E-state index < -0.39 is 5.54 Å². The van der Waals surface area contributed by atoms with Crippen LogP contribution < -0.4 is 10.5 Å². The van der Waals surface area contributed by atoms with Gasteiger partial charge in [0, 0.05) is 0 Å². The predicted molar refractivity (Wildman–Crippen MR) is 103 cm³/mol. The molecule has 1 aromatic rings. The fourth-order valence-electron chi connectivity index (χ4n) is 2.31. The molecule has 0 spiro atoms. The van der Waals surface area contributed by atoms with Crippen LogP contribution in [-0.4, -0.2) is 35.6 Å². The molecular formula is C18H30INO3. The minimum absolute atomic E-state index is 0.209. The highest BCUT2D eigenvalue weighted by atomic mass is 127. The first-order valence-corrected chi connectivity index (χ1v) is 9.54. The van der Waals surface area contributed by atoms with Gasteiger partial charge in [-0.25, -0.2) is 0 Å². The Bertz CT molecular complexity index is 450. The maximum Gasteiger partial charge on any atom is 0.132 e. The number of benzene rings is 1. The van der Waals surface area contributed by atoms with Gasteiger partial charge in [-0.2, -0.15) is 0 Å². The van der Waals surface area contributed by atoms with Gasteiger partial charge < -0.3 is 20.7 Å². The number of ether oxygens (including phenoxy) is 1. The second kappa shape index (κ2) is 11.2. The zero-order chi connectivity index (χ0) is 17.1. The topological polar surface area (TPSA) is 75.7 Å². The summed E-state index contributed by atoms with van der Waals surface area (Å²) in [4.78, 5) is 0. The van der Waals surface area contributed by atoms with Gasteiger partial charge in [-0.1, -0.05) is 38.7 Å². The van der Waals surface area contributed by atoms with Gasteiger partial charge in [0.05, 0.1) is 28.9 Å². The van der Waals surface area contributed by atoms with Crippen molar-refractivity contribution in [3.63, 3.8) is 0 Å². The Morgan fingerprint density at radius 2 is 1.83 bits per heavy atom. The van der Waals surface area contributed by atoms with E-state index >= 15 is 0 Å². The van der Waals surface area contributed by atoms with Gasteiger partial charge in [0.25, 0.3) is 0 Å². The lowest BCUT2D eigenvalue weighted by atomic mass is 9.94. The van der Waals surface area contributed by atoms with Crippen LogP contribution in [0.15, 0.2) is 18.2 Å². The Hall–Kier alpha value is -0.370. The Morgan fingerprint density at radius 3 is 2.43 bits per heavy atom. The van der Waals surface area contributed by atoms with Crippen molar-refractivity contribution in [2.24, 2.45) is 5.73 Å². The SMILES string of the molecule is CCCCCCCOc1ccc(CCC(N)(CO)CO)cc1I. The van der Waals surface area contributed by atoms with Crippen molar-refractivity contribution in [1.82, 2.24) is 0 Å². The normalized spacial score (nSPS) is 11.7. The van der Waals surface area contributed by atoms with E-state index in [9.17, 15) is 10.2 Å².